The van der Waals surface area contributed by atoms with Crippen LogP contribution in [0.25, 0.3) is 0 Å². The lowest BCUT2D eigenvalue weighted by atomic mass is 10.3. The third-order valence-corrected chi connectivity index (χ3v) is 5.79. The zero-order valence-corrected chi connectivity index (χ0v) is 12.7. The third-order valence-electron chi connectivity index (χ3n) is 2.40. The van der Waals surface area contributed by atoms with E-state index in [1.807, 2.05) is 26.3 Å². The molecule has 0 fully saturated rings. The Labute approximate surface area is 113 Å². The lowest BCUT2D eigenvalue weighted by molar-refractivity contribution is 0.454. The van der Waals surface area contributed by atoms with E-state index in [0.717, 1.165) is 11.1 Å². The minimum Gasteiger partial charge on any atom is -0.316 e. The number of thiophene rings is 1. The van der Waals surface area contributed by atoms with E-state index in [9.17, 15) is 8.42 Å². The second kappa shape index (κ2) is 6.47. The van der Waals surface area contributed by atoms with Gasteiger partial charge in [-0.05, 0) is 31.0 Å². The van der Waals surface area contributed by atoms with Gasteiger partial charge in [-0.1, -0.05) is 19.1 Å². The molecule has 1 N–H and O–H groups in total. The first-order valence-corrected chi connectivity index (χ1v) is 8.10. The Hall–Kier alpha value is -0.690. The van der Waals surface area contributed by atoms with Gasteiger partial charge in [0.25, 0.3) is 10.0 Å². The molecule has 1 aromatic rings. The first-order valence-electron chi connectivity index (χ1n) is 5.78. The molecule has 1 aromatic heterocycles. The van der Waals surface area contributed by atoms with Crippen molar-refractivity contribution in [3.63, 3.8) is 0 Å². The van der Waals surface area contributed by atoms with Crippen LogP contribution in [0.2, 0.25) is 0 Å². The van der Waals surface area contributed by atoms with Crippen LogP contribution in [0, 0.1) is 0 Å². The zero-order valence-electron chi connectivity index (χ0n) is 11.1. The highest BCUT2D eigenvalue weighted by Gasteiger charge is 2.24. The van der Waals surface area contributed by atoms with Crippen molar-refractivity contribution < 1.29 is 8.42 Å². The van der Waals surface area contributed by atoms with Crippen LogP contribution in [0.3, 0.4) is 0 Å². The molecule has 0 unspecified atom stereocenters. The fourth-order valence-electron chi connectivity index (χ4n) is 1.58. The summed E-state index contributed by atoms with van der Waals surface area (Å²) in [4.78, 5) is 0. The van der Waals surface area contributed by atoms with Crippen LogP contribution < -0.4 is 5.32 Å². The summed E-state index contributed by atoms with van der Waals surface area (Å²) in [6, 6.07) is 1.73. The monoisotopic (exact) mass is 288 g/mol. The van der Waals surface area contributed by atoms with Gasteiger partial charge in [0.2, 0.25) is 0 Å². The summed E-state index contributed by atoms with van der Waals surface area (Å²) in [5.74, 6) is 0. The van der Waals surface area contributed by atoms with Gasteiger partial charge in [0.15, 0.2) is 0 Å². The number of hydrogen-bond donors (Lipinski definition) is 1. The maximum atomic E-state index is 12.4. The molecule has 0 saturated heterocycles. The van der Waals surface area contributed by atoms with Gasteiger partial charge in [0.1, 0.15) is 4.21 Å². The van der Waals surface area contributed by atoms with Crippen molar-refractivity contribution in [2.45, 2.75) is 24.6 Å². The summed E-state index contributed by atoms with van der Waals surface area (Å²) in [6.45, 7) is 8.95. The molecule has 0 atom stereocenters. The zero-order chi connectivity index (χ0) is 13.8. The number of rotatable bonds is 7. The highest BCUT2D eigenvalue weighted by molar-refractivity contribution is 7.91. The number of hydrogen-bond acceptors (Lipinski definition) is 4. The van der Waals surface area contributed by atoms with Gasteiger partial charge >= 0.3 is 0 Å². The van der Waals surface area contributed by atoms with Gasteiger partial charge in [-0.25, -0.2) is 8.42 Å². The molecule has 18 heavy (non-hydrogen) atoms. The van der Waals surface area contributed by atoms with E-state index in [4.69, 9.17) is 0 Å². The van der Waals surface area contributed by atoms with Crippen molar-refractivity contribution in [1.82, 2.24) is 9.62 Å². The number of nitrogens with one attached hydrogen (secondary N) is 1. The standard InChI is InChI=1S/C12H20N2O2S2/c1-5-14(8-10(2)3)18(15,16)12-6-11(7-13-4)9-17-12/h6,9,13H,2,5,7-8H2,1,3-4H3. The molecule has 0 amide bonds. The molecular weight excluding hydrogens is 268 g/mol. The molecule has 0 aromatic carbocycles. The topological polar surface area (TPSA) is 49.4 Å². The Morgan fingerprint density at radius 3 is 2.72 bits per heavy atom. The molecule has 102 valence electrons. The molecule has 0 aliphatic heterocycles. The summed E-state index contributed by atoms with van der Waals surface area (Å²) < 4.78 is 26.6. The smallest absolute Gasteiger partial charge is 0.252 e. The van der Waals surface area contributed by atoms with E-state index in [0.29, 0.717) is 23.8 Å². The minimum absolute atomic E-state index is 0.373. The SMILES string of the molecule is C=C(C)CN(CC)S(=O)(=O)c1cc(CNC)cs1. The third kappa shape index (κ3) is 3.65. The Balaban J connectivity index is 2.99. The van der Waals surface area contributed by atoms with Gasteiger partial charge in [-0.15, -0.1) is 11.3 Å². The van der Waals surface area contributed by atoms with Crippen LogP contribution in [0.1, 0.15) is 19.4 Å². The second-order valence-electron chi connectivity index (χ2n) is 4.19. The molecule has 0 bridgehead atoms. The Morgan fingerprint density at radius 1 is 1.56 bits per heavy atom. The summed E-state index contributed by atoms with van der Waals surface area (Å²) in [6.07, 6.45) is 0. The van der Waals surface area contributed by atoms with Crippen LogP contribution in [0.4, 0.5) is 0 Å². The van der Waals surface area contributed by atoms with Crippen LogP contribution in [-0.2, 0) is 16.6 Å². The quantitative estimate of drug-likeness (QED) is 0.781. The normalized spacial score (nSPS) is 12.0. The predicted octanol–water partition coefficient (Wildman–Crippen LogP) is 2.05. The van der Waals surface area contributed by atoms with E-state index in [2.05, 4.69) is 11.9 Å². The van der Waals surface area contributed by atoms with Crippen molar-refractivity contribution in [3.8, 4) is 0 Å². The molecular formula is C12H20N2O2S2. The van der Waals surface area contributed by atoms with Crippen LogP contribution in [0.5, 0.6) is 0 Å². The number of sulfonamides is 1. The summed E-state index contributed by atoms with van der Waals surface area (Å²) in [5.41, 5.74) is 1.83. The Bertz CT molecular complexity index is 506. The molecule has 0 spiro atoms. The van der Waals surface area contributed by atoms with Crippen LogP contribution in [0.15, 0.2) is 27.8 Å². The highest BCUT2D eigenvalue weighted by atomic mass is 32.2. The largest absolute Gasteiger partial charge is 0.316 e. The van der Waals surface area contributed by atoms with E-state index in [1.165, 1.54) is 15.6 Å². The van der Waals surface area contributed by atoms with Gasteiger partial charge in [0.05, 0.1) is 0 Å². The van der Waals surface area contributed by atoms with E-state index in [-0.39, 0.29) is 0 Å². The van der Waals surface area contributed by atoms with Crippen molar-refractivity contribution in [3.05, 3.63) is 29.2 Å². The van der Waals surface area contributed by atoms with Crippen molar-refractivity contribution in [2.24, 2.45) is 0 Å². The minimum atomic E-state index is -3.38. The Kier molecular flexibility index (Phi) is 5.52. The van der Waals surface area contributed by atoms with E-state index >= 15 is 0 Å². The predicted molar refractivity (Wildman–Crippen MR) is 76.3 cm³/mol. The molecule has 0 aliphatic carbocycles. The first-order chi connectivity index (χ1) is 8.41. The summed E-state index contributed by atoms with van der Waals surface area (Å²) in [5, 5.41) is 4.88. The summed E-state index contributed by atoms with van der Waals surface area (Å²) in [7, 11) is -1.54. The Morgan fingerprint density at radius 2 is 2.22 bits per heavy atom. The maximum absolute atomic E-state index is 12.4. The first kappa shape index (κ1) is 15.4. The molecule has 0 aliphatic rings. The van der Waals surface area contributed by atoms with Crippen LogP contribution in [-0.4, -0.2) is 32.9 Å². The van der Waals surface area contributed by atoms with Gasteiger partial charge in [-0.2, -0.15) is 4.31 Å². The molecule has 0 radical (unpaired) electrons. The molecule has 6 heteroatoms. The highest BCUT2D eigenvalue weighted by Crippen LogP contribution is 2.24. The van der Waals surface area contributed by atoms with E-state index < -0.39 is 10.0 Å². The van der Waals surface area contributed by atoms with Crippen LogP contribution >= 0.6 is 11.3 Å². The van der Waals surface area contributed by atoms with E-state index in [1.54, 1.807) is 6.07 Å². The summed E-state index contributed by atoms with van der Waals surface area (Å²) >= 11 is 1.27. The fourth-order valence-corrected chi connectivity index (χ4v) is 4.45. The number of nitrogens with zero attached hydrogens (tertiary/aromatic N) is 1. The van der Waals surface area contributed by atoms with Crippen molar-refractivity contribution in [1.29, 1.82) is 0 Å². The number of likely N-dealkylation sites (N-methyl/N-ethyl adjacent to an activating group) is 1. The average Bonchev–Trinajstić information content (AvgIpc) is 2.75. The maximum Gasteiger partial charge on any atom is 0.252 e. The fraction of sp³-hybridized carbons (Fsp3) is 0.500. The lowest BCUT2D eigenvalue weighted by Crippen LogP contribution is -2.31. The average molecular weight is 288 g/mol. The molecule has 4 nitrogen and oxygen atoms in total. The van der Waals surface area contributed by atoms with Crippen molar-refractivity contribution in [2.75, 3.05) is 20.1 Å². The second-order valence-corrected chi connectivity index (χ2v) is 7.27. The molecule has 0 saturated carbocycles. The molecule has 1 rings (SSSR count). The molecule has 1 heterocycles. The lowest BCUT2D eigenvalue weighted by Gasteiger charge is -2.19. The van der Waals surface area contributed by atoms with Crippen molar-refractivity contribution >= 4 is 21.4 Å². The van der Waals surface area contributed by atoms with Gasteiger partial charge in [0, 0.05) is 19.6 Å². The van der Waals surface area contributed by atoms with Gasteiger partial charge < -0.3 is 5.32 Å². The van der Waals surface area contributed by atoms with Gasteiger partial charge in [-0.3, -0.25) is 0 Å².